The number of amides is 2. The number of nitrogens with one attached hydrogen (secondary N) is 2. The summed E-state index contributed by atoms with van der Waals surface area (Å²) in [6.07, 6.45) is 3.82. The Morgan fingerprint density at radius 3 is 2.57 bits per heavy atom. The van der Waals surface area contributed by atoms with Gasteiger partial charge in [-0.3, -0.25) is 9.59 Å². The van der Waals surface area contributed by atoms with Gasteiger partial charge in [-0.2, -0.15) is 0 Å². The van der Waals surface area contributed by atoms with Crippen LogP contribution in [0.3, 0.4) is 0 Å². The van der Waals surface area contributed by atoms with E-state index in [1.807, 2.05) is 12.1 Å². The van der Waals surface area contributed by atoms with Crippen molar-refractivity contribution in [2.45, 2.75) is 32.2 Å². The number of piperidine rings is 1. The summed E-state index contributed by atoms with van der Waals surface area (Å²) in [5.74, 6) is 1.65. The normalized spacial score (nSPS) is 14.0. The van der Waals surface area contributed by atoms with Crippen molar-refractivity contribution in [1.82, 2.24) is 15.5 Å². The molecule has 8 heteroatoms. The van der Waals surface area contributed by atoms with Crippen LogP contribution in [0.4, 0.5) is 0 Å². The van der Waals surface area contributed by atoms with E-state index in [0.717, 1.165) is 37.9 Å². The maximum atomic E-state index is 12.1. The summed E-state index contributed by atoms with van der Waals surface area (Å²) in [4.78, 5) is 25.2. The Morgan fingerprint density at radius 1 is 1.21 bits per heavy atom. The third-order valence-corrected chi connectivity index (χ3v) is 4.81. The number of halogens is 1. The number of rotatable bonds is 9. The molecule has 28 heavy (non-hydrogen) atoms. The highest BCUT2D eigenvalue weighted by molar-refractivity contribution is 5.85. The Hall–Kier alpha value is -1.99. The Balaban J connectivity index is 0.00000392. The summed E-state index contributed by atoms with van der Waals surface area (Å²) in [5, 5.41) is 6.30. The number of carbonyl (C=O) groups is 2. The molecule has 158 valence electrons. The third-order valence-electron chi connectivity index (χ3n) is 4.81. The molecule has 0 radical (unpaired) electrons. The van der Waals surface area contributed by atoms with Gasteiger partial charge in [0.2, 0.25) is 5.91 Å². The molecule has 0 aromatic heterocycles. The Bertz CT molecular complexity index is 634. The van der Waals surface area contributed by atoms with E-state index in [4.69, 9.17) is 9.47 Å². The lowest BCUT2D eigenvalue weighted by Gasteiger charge is -2.22. The highest BCUT2D eigenvalue weighted by Gasteiger charge is 2.15. The van der Waals surface area contributed by atoms with Crippen LogP contribution in [-0.2, 0) is 16.1 Å². The average Bonchev–Trinajstić information content (AvgIpc) is 2.69. The molecule has 7 nitrogen and oxygen atoms in total. The fourth-order valence-electron chi connectivity index (χ4n) is 3.00. The zero-order valence-electron chi connectivity index (χ0n) is 17.0. The van der Waals surface area contributed by atoms with E-state index in [0.29, 0.717) is 30.4 Å². The molecule has 1 aromatic carbocycles. The molecule has 1 aromatic rings. The predicted molar refractivity (Wildman–Crippen MR) is 111 cm³/mol. The van der Waals surface area contributed by atoms with Gasteiger partial charge in [-0.05, 0) is 56.0 Å². The first-order chi connectivity index (χ1) is 13.0. The summed E-state index contributed by atoms with van der Waals surface area (Å²) in [5.41, 5.74) is 0.924. The molecule has 0 aliphatic carbocycles. The molecule has 1 fully saturated rings. The molecule has 2 rings (SSSR count). The SMILES string of the molecule is COc1cc(CNC(=O)CCC2CCNCC2)ccc1OCC(=O)N(C)C.Cl. The molecule has 1 aliphatic heterocycles. The first kappa shape index (κ1) is 24.0. The van der Waals surface area contributed by atoms with Gasteiger partial charge in [0.1, 0.15) is 0 Å². The highest BCUT2D eigenvalue weighted by Crippen LogP contribution is 2.28. The topological polar surface area (TPSA) is 79.9 Å². The first-order valence-electron chi connectivity index (χ1n) is 9.47. The fraction of sp³-hybridized carbons (Fsp3) is 0.600. The van der Waals surface area contributed by atoms with E-state index >= 15 is 0 Å². The number of carbonyl (C=O) groups excluding carboxylic acids is 2. The van der Waals surface area contributed by atoms with E-state index in [-0.39, 0.29) is 30.8 Å². The van der Waals surface area contributed by atoms with E-state index in [1.54, 1.807) is 27.3 Å². The van der Waals surface area contributed by atoms with Crippen molar-refractivity contribution < 1.29 is 19.1 Å². The number of benzene rings is 1. The van der Waals surface area contributed by atoms with E-state index in [9.17, 15) is 9.59 Å². The van der Waals surface area contributed by atoms with Gasteiger partial charge < -0.3 is 25.0 Å². The summed E-state index contributed by atoms with van der Waals surface area (Å²) >= 11 is 0. The van der Waals surface area contributed by atoms with Crippen molar-refractivity contribution in [2.24, 2.45) is 5.92 Å². The smallest absolute Gasteiger partial charge is 0.259 e. The molecule has 1 heterocycles. The molecule has 1 aliphatic rings. The Labute approximate surface area is 173 Å². The largest absolute Gasteiger partial charge is 0.493 e. The van der Waals surface area contributed by atoms with Gasteiger partial charge >= 0.3 is 0 Å². The van der Waals surface area contributed by atoms with Crippen LogP contribution in [-0.4, -0.2) is 57.6 Å². The minimum Gasteiger partial charge on any atom is -0.493 e. The lowest BCUT2D eigenvalue weighted by atomic mass is 9.93. The number of nitrogens with zero attached hydrogens (tertiary/aromatic N) is 1. The van der Waals surface area contributed by atoms with E-state index in [2.05, 4.69) is 10.6 Å². The summed E-state index contributed by atoms with van der Waals surface area (Å²) in [6, 6.07) is 5.45. The van der Waals surface area contributed by atoms with Crippen LogP contribution in [0.15, 0.2) is 18.2 Å². The number of hydrogen-bond acceptors (Lipinski definition) is 5. The van der Waals surface area contributed by atoms with Crippen molar-refractivity contribution in [1.29, 1.82) is 0 Å². The van der Waals surface area contributed by atoms with Crippen LogP contribution in [0.2, 0.25) is 0 Å². The summed E-state index contributed by atoms with van der Waals surface area (Å²) in [7, 11) is 4.91. The molecule has 2 N–H and O–H groups in total. The lowest BCUT2D eigenvalue weighted by Crippen LogP contribution is -2.29. The van der Waals surface area contributed by atoms with Gasteiger partial charge in [-0.1, -0.05) is 6.07 Å². The minimum absolute atomic E-state index is 0. The van der Waals surface area contributed by atoms with Gasteiger partial charge in [-0.15, -0.1) is 12.4 Å². The number of ether oxygens (including phenoxy) is 2. The van der Waals surface area contributed by atoms with Gasteiger partial charge in [0, 0.05) is 27.1 Å². The average molecular weight is 414 g/mol. The van der Waals surface area contributed by atoms with Crippen LogP contribution in [0, 0.1) is 5.92 Å². The second-order valence-corrected chi connectivity index (χ2v) is 7.07. The molecular formula is C20H32ClN3O4. The summed E-state index contributed by atoms with van der Waals surface area (Å²) < 4.78 is 10.9. The molecule has 1 saturated heterocycles. The molecule has 0 spiro atoms. The zero-order valence-corrected chi connectivity index (χ0v) is 17.8. The molecule has 0 atom stereocenters. The quantitative estimate of drug-likeness (QED) is 0.647. The molecule has 0 unspecified atom stereocenters. The predicted octanol–water partition coefficient (Wildman–Crippen LogP) is 1.98. The lowest BCUT2D eigenvalue weighted by molar-refractivity contribution is -0.130. The Morgan fingerprint density at radius 2 is 1.93 bits per heavy atom. The minimum atomic E-state index is -0.123. The number of hydrogen-bond donors (Lipinski definition) is 2. The van der Waals surface area contributed by atoms with Crippen molar-refractivity contribution in [2.75, 3.05) is 40.9 Å². The standard InChI is InChI=1S/C20H31N3O4.ClH/c1-23(2)20(25)14-27-17-6-4-16(12-18(17)26-3)13-22-19(24)7-5-15-8-10-21-11-9-15;/h4,6,12,15,21H,5,7-11,13-14H2,1-3H3,(H,22,24);1H. The monoisotopic (exact) mass is 413 g/mol. The van der Waals surface area contributed by atoms with Crippen molar-refractivity contribution >= 4 is 24.2 Å². The van der Waals surface area contributed by atoms with Crippen LogP contribution >= 0.6 is 12.4 Å². The van der Waals surface area contributed by atoms with Gasteiger partial charge in [0.25, 0.3) is 5.91 Å². The third kappa shape index (κ3) is 7.94. The number of likely N-dealkylation sites (N-methyl/N-ethyl adjacent to an activating group) is 1. The summed E-state index contributed by atoms with van der Waals surface area (Å²) in [6.45, 7) is 2.51. The van der Waals surface area contributed by atoms with E-state index < -0.39 is 0 Å². The van der Waals surface area contributed by atoms with Gasteiger partial charge in [0.15, 0.2) is 18.1 Å². The molecule has 2 amide bonds. The highest BCUT2D eigenvalue weighted by atomic mass is 35.5. The van der Waals surface area contributed by atoms with Crippen LogP contribution in [0.5, 0.6) is 11.5 Å². The van der Waals surface area contributed by atoms with Crippen molar-refractivity contribution in [3.8, 4) is 11.5 Å². The molecule has 0 saturated carbocycles. The van der Waals surface area contributed by atoms with Crippen molar-refractivity contribution in [3.05, 3.63) is 23.8 Å². The van der Waals surface area contributed by atoms with Gasteiger partial charge in [0.05, 0.1) is 7.11 Å². The second-order valence-electron chi connectivity index (χ2n) is 7.07. The number of methoxy groups -OCH3 is 1. The van der Waals surface area contributed by atoms with E-state index in [1.165, 1.54) is 4.90 Å². The van der Waals surface area contributed by atoms with Crippen LogP contribution in [0.25, 0.3) is 0 Å². The Kier molecular flexibility index (Phi) is 10.7. The van der Waals surface area contributed by atoms with Gasteiger partial charge in [-0.25, -0.2) is 0 Å². The van der Waals surface area contributed by atoms with Crippen LogP contribution in [0.1, 0.15) is 31.2 Å². The maximum absolute atomic E-state index is 12.1. The molecule has 0 bridgehead atoms. The second kappa shape index (κ2) is 12.5. The zero-order chi connectivity index (χ0) is 19.6. The van der Waals surface area contributed by atoms with Crippen molar-refractivity contribution in [3.63, 3.8) is 0 Å². The first-order valence-corrected chi connectivity index (χ1v) is 9.47. The maximum Gasteiger partial charge on any atom is 0.259 e. The van der Waals surface area contributed by atoms with Crippen LogP contribution < -0.4 is 20.1 Å². The molecular weight excluding hydrogens is 382 g/mol. The fourth-order valence-corrected chi connectivity index (χ4v) is 3.00.